The van der Waals surface area contributed by atoms with E-state index in [2.05, 4.69) is 48.9 Å². The van der Waals surface area contributed by atoms with Gasteiger partial charge in [-0.2, -0.15) is 15.0 Å². The molecular weight excluding hydrogens is 384 g/mol. The number of hydrogen-bond donors (Lipinski definition) is 3. The molecule has 4 rings (SSSR count). The molecule has 2 aromatic rings. The predicted octanol–water partition coefficient (Wildman–Crippen LogP) is 2.74. The monoisotopic (exact) mass is 412 g/mol. The van der Waals surface area contributed by atoms with Crippen LogP contribution in [0.4, 0.5) is 23.5 Å². The second-order valence-electron chi connectivity index (χ2n) is 7.49. The average Bonchev–Trinajstić information content (AvgIpc) is 3.44. The second kappa shape index (κ2) is 9.32. The number of anilines is 4. The summed E-state index contributed by atoms with van der Waals surface area (Å²) in [6, 6.07) is 8.08. The highest BCUT2D eigenvalue weighted by molar-refractivity contribution is 7.80. The van der Waals surface area contributed by atoms with E-state index in [0.29, 0.717) is 17.5 Å². The van der Waals surface area contributed by atoms with Gasteiger partial charge in [0.05, 0.1) is 11.5 Å². The van der Waals surface area contributed by atoms with Crippen LogP contribution in [0.2, 0.25) is 0 Å². The number of aryl methyl sites for hydroxylation is 1. The molecule has 8 nitrogen and oxygen atoms in total. The van der Waals surface area contributed by atoms with Crippen LogP contribution >= 0.6 is 12.2 Å². The number of thiocarbonyl (C=S) groups is 1. The Morgan fingerprint density at radius 2 is 1.52 bits per heavy atom. The van der Waals surface area contributed by atoms with Crippen LogP contribution in [0.5, 0.6) is 0 Å². The molecule has 9 heteroatoms. The summed E-state index contributed by atoms with van der Waals surface area (Å²) in [4.78, 5) is 19.1. The van der Waals surface area contributed by atoms with Crippen molar-refractivity contribution in [1.29, 1.82) is 0 Å². The first-order valence-electron chi connectivity index (χ1n) is 10.3. The number of para-hydroxylation sites is 1. The number of aromatic nitrogens is 3. The van der Waals surface area contributed by atoms with Crippen molar-refractivity contribution in [2.75, 3.05) is 53.3 Å². The van der Waals surface area contributed by atoms with Gasteiger partial charge in [-0.05, 0) is 44.2 Å². The highest BCUT2D eigenvalue weighted by Crippen LogP contribution is 2.22. The summed E-state index contributed by atoms with van der Waals surface area (Å²) in [6.07, 6.45) is 4.74. The van der Waals surface area contributed by atoms with Crippen LogP contribution in [0.25, 0.3) is 0 Å². The molecule has 1 aromatic carbocycles. The molecule has 0 atom stereocenters. The summed E-state index contributed by atoms with van der Waals surface area (Å²) in [5.41, 5.74) is 8.42. The van der Waals surface area contributed by atoms with Crippen molar-refractivity contribution in [3.05, 3.63) is 29.8 Å². The Hall–Kier alpha value is -2.52. The van der Waals surface area contributed by atoms with Crippen molar-refractivity contribution in [2.45, 2.75) is 32.6 Å². The Bertz CT molecular complexity index is 812. The normalized spacial score (nSPS) is 16.3. The number of rotatable bonds is 7. The molecule has 29 heavy (non-hydrogen) atoms. The summed E-state index contributed by atoms with van der Waals surface area (Å²) in [6.45, 7) is 6.53. The van der Waals surface area contributed by atoms with Gasteiger partial charge < -0.3 is 15.1 Å². The molecule has 2 saturated heterocycles. The highest BCUT2D eigenvalue weighted by atomic mass is 32.1. The van der Waals surface area contributed by atoms with Crippen LogP contribution in [0.1, 0.15) is 31.2 Å². The number of nitrogens with zero attached hydrogens (tertiary/aromatic N) is 5. The Morgan fingerprint density at radius 1 is 0.931 bits per heavy atom. The zero-order valence-electron chi connectivity index (χ0n) is 16.8. The van der Waals surface area contributed by atoms with E-state index in [1.54, 1.807) is 0 Å². The topological polar surface area (TPSA) is 81.2 Å². The van der Waals surface area contributed by atoms with Gasteiger partial charge in [-0.1, -0.05) is 30.4 Å². The van der Waals surface area contributed by atoms with E-state index in [0.717, 1.165) is 49.3 Å². The lowest BCUT2D eigenvalue weighted by atomic mass is 10.2. The molecule has 154 valence electrons. The fraction of sp³-hybridized carbons (Fsp3) is 0.500. The van der Waals surface area contributed by atoms with Crippen molar-refractivity contribution in [2.24, 2.45) is 0 Å². The molecule has 0 aliphatic carbocycles. The first kappa shape index (κ1) is 19.8. The largest absolute Gasteiger partial charge is 0.349 e. The molecule has 2 aliphatic heterocycles. The fourth-order valence-electron chi connectivity index (χ4n) is 3.64. The van der Waals surface area contributed by atoms with E-state index in [1.807, 2.05) is 18.2 Å². The van der Waals surface area contributed by atoms with Gasteiger partial charge in [-0.25, -0.2) is 5.43 Å². The number of nitrogens with one attached hydrogen (secondary N) is 3. The highest BCUT2D eigenvalue weighted by Gasteiger charge is 2.21. The maximum Gasteiger partial charge on any atom is 0.243 e. The molecule has 0 bridgehead atoms. The maximum atomic E-state index is 5.45. The lowest BCUT2D eigenvalue weighted by Gasteiger charge is -2.21. The summed E-state index contributed by atoms with van der Waals surface area (Å²) in [5, 5.41) is 3.27. The average molecular weight is 413 g/mol. The minimum absolute atomic E-state index is 0.466. The predicted molar refractivity (Wildman–Crippen MR) is 122 cm³/mol. The number of benzene rings is 1. The minimum atomic E-state index is 0.466. The number of hydrazine groups is 1. The standard InChI is InChI=1S/C20H28N8S/c1-15-8-2-3-9-16(15)22-17(29)14-21-26-18-23-19(27-10-4-5-11-27)25-20(24-18)28-12-6-7-13-28/h2-3,8-9,21H,4-7,10-14H2,1H3,(H,22,29)(H,23,24,25,26). The van der Waals surface area contributed by atoms with Gasteiger partial charge in [0.25, 0.3) is 0 Å². The van der Waals surface area contributed by atoms with Gasteiger partial charge in [0.15, 0.2) is 0 Å². The molecule has 0 radical (unpaired) electrons. The number of hydrogen-bond acceptors (Lipinski definition) is 8. The first-order valence-corrected chi connectivity index (χ1v) is 10.7. The van der Waals surface area contributed by atoms with Crippen molar-refractivity contribution in [3.63, 3.8) is 0 Å². The van der Waals surface area contributed by atoms with E-state index < -0.39 is 0 Å². The Morgan fingerprint density at radius 3 is 2.10 bits per heavy atom. The zero-order valence-corrected chi connectivity index (χ0v) is 17.6. The quantitative estimate of drug-likeness (QED) is 0.470. The van der Waals surface area contributed by atoms with Crippen molar-refractivity contribution < 1.29 is 0 Å². The molecule has 1 aromatic heterocycles. The van der Waals surface area contributed by atoms with Gasteiger partial charge >= 0.3 is 0 Å². The summed E-state index contributed by atoms with van der Waals surface area (Å²) < 4.78 is 0. The summed E-state index contributed by atoms with van der Waals surface area (Å²) in [7, 11) is 0. The minimum Gasteiger partial charge on any atom is -0.349 e. The second-order valence-corrected chi connectivity index (χ2v) is 7.98. The lowest BCUT2D eigenvalue weighted by Crippen LogP contribution is -2.33. The Balaban J connectivity index is 1.39. The van der Waals surface area contributed by atoms with Crippen molar-refractivity contribution in [1.82, 2.24) is 20.4 Å². The van der Waals surface area contributed by atoms with Gasteiger partial charge in [-0.3, -0.25) is 5.43 Å². The molecule has 3 N–H and O–H groups in total. The molecule has 0 unspecified atom stereocenters. The third kappa shape index (κ3) is 5.10. The molecule has 0 saturated carbocycles. The van der Waals surface area contributed by atoms with Gasteiger partial charge in [0.2, 0.25) is 17.8 Å². The molecule has 2 fully saturated rings. The Labute approximate surface area is 177 Å². The van der Waals surface area contributed by atoms with E-state index in [-0.39, 0.29) is 0 Å². The SMILES string of the molecule is Cc1ccccc1NC(=S)CNNc1nc(N2CCCC2)nc(N2CCCC2)n1. The maximum absolute atomic E-state index is 5.45. The molecule has 0 amide bonds. The molecule has 3 heterocycles. The van der Waals surface area contributed by atoms with Crippen LogP contribution in [0.3, 0.4) is 0 Å². The third-order valence-corrected chi connectivity index (χ3v) is 5.50. The van der Waals surface area contributed by atoms with Crippen LogP contribution in [0.15, 0.2) is 24.3 Å². The van der Waals surface area contributed by atoms with E-state index in [4.69, 9.17) is 17.2 Å². The van der Waals surface area contributed by atoms with E-state index >= 15 is 0 Å². The fourth-order valence-corrected chi connectivity index (χ4v) is 3.82. The lowest BCUT2D eigenvalue weighted by molar-refractivity contribution is 0.819. The van der Waals surface area contributed by atoms with Gasteiger partial charge in [-0.15, -0.1) is 0 Å². The molecule has 0 spiro atoms. The van der Waals surface area contributed by atoms with Crippen LogP contribution in [-0.4, -0.2) is 52.7 Å². The first-order chi connectivity index (χ1) is 14.2. The van der Waals surface area contributed by atoms with Crippen LogP contribution in [-0.2, 0) is 0 Å². The van der Waals surface area contributed by atoms with Gasteiger partial charge in [0, 0.05) is 31.9 Å². The van der Waals surface area contributed by atoms with Gasteiger partial charge in [0.1, 0.15) is 0 Å². The van der Waals surface area contributed by atoms with Crippen molar-refractivity contribution in [3.8, 4) is 0 Å². The molecule has 2 aliphatic rings. The van der Waals surface area contributed by atoms with Crippen LogP contribution < -0.4 is 26.0 Å². The summed E-state index contributed by atoms with van der Waals surface area (Å²) >= 11 is 5.45. The van der Waals surface area contributed by atoms with E-state index in [9.17, 15) is 0 Å². The van der Waals surface area contributed by atoms with E-state index in [1.165, 1.54) is 25.7 Å². The summed E-state index contributed by atoms with van der Waals surface area (Å²) in [5.74, 6) is 2.04. The zero-order chi connectivity index (χ0) is 20.1. The molecular formula is C20H28N8S. The third-order valence-electron chi connectivity index (χ3n) is 5.26. The smallest absolute Gasteiger partial charge is 0.243 e. The van der Waals surface area contributed by atoms with Crippen molar-refractivity contribution >= 4 is 40.7 Å². The Kier molecular flexibility index (Phi) is 6.36. The van der Waals surface area contributed by atoms with Crippen LogP contribution in [0, 0.1) is 6.92 Å².